The maximum absolute atomic E-state index is 17.5. The fourth-order valence-corrected chi connectivity index (χ4v) is 16.0. The molecular weight excluding hydrogens is 976 g/mol. The van der Waals surface area contributed by atoms with Crippen LogP contribution in [0.15, 0.2) is 103 Å². The lowest BCUT2D eigenvalue weighted by molar-refractivity contribution is -0.154. The molecule has 6 aliphatic rings. The molecule has 1 aromatic heterocycles. The first-order valence-corrected chi connectivity index (χ1v) is 28.4. The highest BCUT2D eigenvalue weighted by Gasteiger charge is 2.77. The molecule has 1 spiro atoms. The predicted octanol–water partition coefficient (Wildman–Crippen LogP) is 9.86. The molecule has 13 heteroatoms. The molecule has 1 aliphatic carbocycles. The number of piperidine rings is 1. The van der Waals surface area contributed by atoms with Crippen molar-refractivity contribution in [3.05, 3.63) is 136 Å². The van der Waals surface area contributed by atoms with Gasteiger partial charge in [-0.05, 0) is 157 Å². The molecule has 0 amide bonds. The molecule has 11 rings (SSSR count). The summed E-state index contributed by atoms with van der Waals surface area (Å²) in [4.78, 5) is 33.0. The summed E-state index contributed by atoms with van der Waals surface area (Å²) in [6, 6.07) is 34.9. The summed E-state index contributed by atoms with van der Waals surface area (Å²) >= 11 is 6.44. The van der Waals surface area contributed by atoms with Gasteiger partial charge in [0, 0.05) is 97.8 Å². The number of hydrogen-bond donors (Lipinski definition) is 2. The van der Waals surface area contributed by atoms with Gasteiger partial charge in [0.2, 0.25) is 0 Å². The van der Waals surface area contributed by atoms with E-state index in [1.165, 1.54) is 29.5 Å². The van der Waals surface area contributed by atoms with Gasteiger partial charge in [-0.15, -0.1) is 12.4 Å². The molecule has 2 N–H and O–H groups in total. The van der Waals surface area contributed by atoms with Crippen LogP contribution in [0.2, 0.25) is 5.02 Å². The standard InChI is InChI=1S/C62H81ClN8O3.ClH/c1-9-42-18-21-46(53(32-42)74-50-26-22-45(23-27-50)52-36-65-56(69(52)7)38-70-28-14-15-29-70)37-71-41(4)57-62-54(34-49(31-44-19-24-48(63)25-20-44)68(6)59(62)51(66-57)39-73-8)64-35-40(3)67(5)58-47(30-43-16-12-11-13-17-43)33-55(71)61(58,10-2)60(62)72;/h11-13,16-27,32,36,40-41,47,49,51,54-55,57-59,64,66H,9-10,14-15,28-31,33-35,37-39H2,1-8H3;1H/t40-,41-,47+,49-,51+,54?,55?,57?,58?,59?,61?,62?;/m0./s1. The van der Waals surface area contributed by atoms with Gasteiger partial charge in [-0.2, -0.15) is 0 Å². The van der Waals surface area contributed by atoms with E-state index in [1.807, 2.05) is 25.4 Å². The van der Waals surface area contributed by atoms with Gasteiger partial charge in [-0.1, -0.05) is 80.0 Å². The Kier molecular flexibility index (Phi) is 16.1. The highest BCUT2D eigenvalue weighted by atomic mass is 35.5. The first-order valence-electron chi connectivity index (χ1n) is 28.0. The van der Waals surface area contributed by atoms with E-state index in [4.69, 9.17) is 26.1 Å². The molecule has 2 bridgehead atoms. The summed E-state index contributed by atoms with van der Waals surface area (Å²) in [6.07, 6.45) is 9.80. The minimum Gasteiger partial charge on any atom is -0.457 e. The number of Topliss-reactive ketones (excluding diaryl/α,β-unsaturated/α-hetero) is 1. The van der Waals surface area contributed by atoms with Crippen LogP contribution >= 0.6 is 24.0 Å². The third kappa shape index (κ3) is 9.52. The van der Waals surface area contributed by atoms with Gasteiger partial charge in [0.1, 0.15) is 17.3 Å². The average molecular weight is 1060 g/mol. The maximum atomic E-state index is 17.5. The van der Waals surface area contributed by atoms with Crippen molar-refractivity contribution in [1.29, 1.82) is 0 Å². The highest BCUT2D eigenvalue weighted by molar-refractivity contribution is 6.30. The van der Waals surface area contributed by atoms with Gasteiger partial charge in [0.05, 0.1) is 35.9 Å². The Morgan fingerprint density at radius 2 is 1.55 bits per heavy atom. The van der Waals surface area contributed by atoms with Crippen molar-refractivity contribution in [2.24, 2.45) is 23.8 Å². The lowest BCUT2D eigenvalue weighted by Crippen LogP contribution is -2.73. The molecule has 5 aromatic rings. The number of aryl methyl sites for hydroxylation is 1. The minimum absolute atomic E-state index is 0. The highest BCUT2D eigenvalue weighted by Crippen LogP contribution is 2.63. The second-order valence-corrected chi connectivity index (χ2v) is 23.7. The van der Waals surface area contributed by atoms with Crippen molar-refractivity contribution in [3.63, 3.8) is 0 Å². The largest absolute Gasteiger partial charge is 0.457 e. The third-order valence-electron chi connectivity index (χ3n) is 19.6. The number of halogens is 2. The van der Waals surface area contributed by atoms with E-state index in [-0.39, 0.29) is 72.7 Å². The third-order valence-corrected chi connectivity index (χ3v) is 19.8. The molecule has 12 atom stereocenters. The van der Waals surface area contributed by atoms with Gasteiger partial charge < -0.3 is 24.7 Å². The van der Waals surface area contributed by atoms with Gasteiger partial charge in [0.15, 0.2) is 5.78 Å². The van der Waals surface area contributed by atoms with Crippen molar-refractivity contribution in [1.82, 2.24) is 39.8 Å². The Balaban J connectivity index is 0.00000641. The number of benzene rings is 4. The fourth-order valence-electron chi connectivity index (χ4n) is 15.8. The predicted molar refractivity (Wildman–Crippen MR) is 304 cm³/mol. The Morgan fingerprint density at radius 3 is 2.25 bits per heavy atom. The Labute approximate surface area is 458 Å². The topological polar surface area (TPSA) is 90.4 Å². The van der Waals surface area contributed by atoms with Crippen LogP contribution < -0.4 is 15.4 Å². The zero-order chi connectivity index (χ0) is 51.5. The second-order valence-electron chi connectivity index (χ2n) is 23.3. The van der Waals surface area contributed by atoms with Crippen LogP contribution in [0, 0.1) is 16.7 Å². The fraction of sp³-hybridized carbons (Fsp3) is 0.548. The van der Waals surface area contributed by atoms with Gasteiger partial charge in [-0.3, -0.25) is 24.4 Å². The summed E-state index contributed by atoms with van der Waals surface area (Å²) in [5.74, 6) is 3.50. The van der Waals surface area contributed by atoms with Crippen LogP contribution in [0.25, 0.3) is 11.3 Å². The van der Waals surface area contributed by atoms with E-state index in [9.17, 15) is 0 Å². The lowest BCUT2D eigenvalue weighted by atomic mass is 9.54. The number of nitrogens with one attached hydrogen (secondary N) is 2. The molecule has 75 heavy (non-hydrogen) atoms. The number of rotatable bonds is 15. The summed E-state index contributed by atoms with van der Waals surface area (Å²) < 4.78 is 15.5. The number of hydrogen-bond acceptors (Lipinski definition) is 10. The quantitative estimate of drug-likeness (QED) is 0.106. The van der Waals surface area contributed by atoms with Crippen molar-refractivity contribution < 1.29 is 14.3 Å². The first-order chi connectivity index (χ1) is 35.9. The van der Waals surface area contributed by atoms with E-state index >= 15 is 4.79 Å². The molecule has 4 aromatic carbocycles. The van der Waals surface area contributed by atoms with Gasteiger partial charge in [0.25, 0.3) is 0 Å². The summed E-state index contributed by atoms with van der Waals surface area (Å²) in [5, 5.41) is 9.29. The Morgan fingerprint density at radius 1 is 0.827 bits per heavy atom. The number of nitrogens with zero attached hydrogens (tertiary/aromatic N) is 6. The molecule has 5 saturated heterocycles. The van der Waals surface area contributed by atoms with E-state index in [2.05, 4.69) is 169 Å². The molecule has 402 valence electrons. The number of imidazole rings is 1. The molecule has 1 saturated carbocycles. The molecule has 6 heterocycles. The normalized spacial score (nSPS) is 32.1. The number of ether oxygens (including phenoxy) is 2. The second kappa shape index (κ2) is 22.3. The Hall–Kier alpha value is -4.14. The summed E-state index contributed by atoms with van der Waals surface area (Å²) in [5.41, 5.74) is 5.77. The minimum atomic E-state index is -0.752. The van der Waals surface area contributed by atoms with Crippen LogP contribution in [0.3, 0.4) is 0 Å². The number of aromatic nitrogens is 2. The molecule has 11 nitrogen and oxygen atoms in total. The van der Waals surface area contributed by atoms with E-state index in [1.54, 1.807) is 0 Å². The van der Waals surface area contributed by atoms with E-state index in [0.717, 1.165) is 104 Å². The van der Waals surface area contributed by atoms with Crippen molar-refractivity contribution in [3.8, 4) is 22.8 Å². The Bertz CT molecular complexity index is 2750. The number of carbonyl (C=O) groups is 1. The smallest absolute Gasteiger partial charge is 0.153 e. The number of methoxy groups -OCH3 is 1. The number of likely N-dealkylation sites (tertiary alicyclic amines) is 3. The van der Waals surface area contributed by atoms with Crippen molar-refractivity contribution in [2.45, 2.75) is 147 Å². The summed E-state index contributed by atoms with van der Waals surface area (Å²) in [7, 11) is 8.59. The van der Waals surface area contributed by atoms with Crippen LogP contribution in [-0.4, -0.2) is 137 Å². The molecule has 0 radical (unpaired) electrons. The van der Waals surface area contributed by atoms with E-state index < -0.39 is 10.8 Å². The zero-order valence-corrected chi connectivity index (χ0v) is 47.3. The number of likely N-dealkylation sites (N-methyl/N-ethyl adjacent to an activating group) is 2. The van der Waals surface area contributed by atoms with Crippen molar-refractivity contribution in [2.75, 3.05) is 47.4 Å². The van der Waals surface area contributed by atoms with Crippen LogP contribution in [0.1, 0.15) is 87.9 Å². The molecule has 7 unspecified atom stereocenters. The molecule has 5 aliphatic heterocycles. The SMILES string of the molecule is CCc1ccc(CN2C3C[C@@H](Cc4ccccc4)C4N(C)[C@@H](C)CNC5C[C@H](Cc6ccc(Cl)cc6)N(C)C6[C@@H](COC)NC([C@@H]2C)C56C(=O)C43CC)c(Oc2ccc(-c3cnc(CN4CCCC4)n3C)cc2)c1.Cl. The maximum Gasteiger partial charge on any atom is 0.153 e. The molecule has 6 fully saturated rings. The average Bonchev–Trinajstić information content (AvgIpc) is 4.21. The van der Waals surface area contributed by atoms with Crippen LogP contribution in [-0.2, 0) is 48.9 Å². The van der Waals surface area contributed by atoms with Gasteiger partial charge in [-0.25, -0.2) is 4.98 Å². The van der Waals surface area contributed by atoms with E-state index in [0.29, 0.717) is 18.9 Å². The van der Waals surface area contributed by atoms with Gasteiger partial charge >= 0.3 is 0 Å². The summed E-state index contributed by atoms with van der Waals surface area (Å²) in [6.45, 7) is 14.5. The lowest BCUT2D eigenvalue weighted by Gasteiger charge is -2.57. The number of carbonyl (C=O) groups excluding carboxylic acids is 1. The van der Waals surface area contributed by atoms with Crippen LogP contribution in [0.5, 0.6) is 11.5 Å². The first kappa shape index (κ1) is 54.2. The monoisotopic (exact) mass is 1060 g/mol. The van der Waals surface area contributed by atoms with Crippen molar-refractivity contribution >= 4 is 29.8 Å². The van der Waals surface area contributed by atoms with Crippen LogP contribution in [0.4, 0.5) is 0 Å². The zero-order valence-electron chi connectivity index (χ0n) is 45.7. The molecular formula is C62H82Cl2N8O3. The number of ketones is 1.